The lowest BCUT2D eigenvalue weighted by Crippen LogP contribution is -2.43. The zero-order valence-corrected chi connectivity index (χ0v) is 12.1. The van der Waals surface area contributed by atoms with Gasteiger partial charge in [-0.1, -0.05) is 23.2 Å². The van der Waals surface area contributed by atoms with Gasteiger partial charge in [0.1, 0.15) is 12.4 Å². The molecule has 0 heterocycles. The van der Waals surface area contributed by atoms with E-state index in [0.29, 0.717) is 28.1 Å². The summed E-state index contributed by atoms with van der Waals surface area (Å²) in [5.41, 5.74) is 6.22. The van der Waals surface area contributed by atoms with Gasteiger partial charge in [0.25, 0.3) is 0 Å². The molecule has 0 spiro atoms. The first kappa shape index (κ1) is 14.4. The Morgan fingerprint density at radius 2 is 1.76 bits per heavy atom. The first-order valence-electron chi connectivity index (χ1n) is 5.29. The zero-order chi connectivity index (χ0) is 13.2. The van der Waals surface area contributed by atoms with Crippen LogP contribution >= 0.6 is 23.2 Å². The monoisotopic (exact) mass is 276 g/mol. The first-order valence-corrected chi connectivity index (χ1v) is 6.04. The van der Waals surface area contributed by atoms with E-state index in [0.717, 1.165) is 0 Å². The molecule has 0 aromatic heterocycles. The highest BCUT2D eigenvalue weighted by atomic mass is 35.5. The summed E-state index contributed by atoms with van der Waals surface area (Å²) in [6.45, 7) is 4.68. The van der Waals surface area contributed by atoms with Crippen LogP contribution in [0.25, 0.3) is 0 Å². The van der Waals surface area contributed by atoms with E-state index in [1.165, 1.54) is 0 Å². The van der Waals surface area contributed by atoms with Gasteiger partial charge in [-0.15, -0.1) is 0 Å². The summed E-state index contributed by atoms with van der Waals surface area (Å²) in [7, 11) is 4.00. The summed E-state index contributed by atoms with van der Waals surface area (Å²) in [5, 5.41) is 0.877. The molecule has 1 rings (SSSR count). The highest BCUT2D eigenvalue weighted by molar-refractivity contribution is 6.42. The average molecular weight is 277 g/mol. The van der Waals surface area contributed by atoms with Crippen molar-refractivity contribution in [2.75, 3.05) is 26.4 Å². The van der Waals surface area contributed by atoms with Crippen molar-refractivity contribution in [1.29, 1.82) is 0 Å². The summed E-state index contributed by atoms with van der Waals surface area (Å²) in [4.78, 5) is 2.08. The number of halogens is 2. The number of benzene rings is 1. The van der Waals surface area contributed by atoms with Gasteiger partial charge in [-0.25, -0.2) is 0 Å². The Hall–Kier alpha value is -0.640. The third-order valence-electron chi connectivity index (χ3n) is 2.84. The number of rotatable bonds is 4. The van der Waals surface area contributed by atoms with Gasteiger partial charge in [-0.2, -0.15) is 0 Å². The maximum Gasteiger partial charge on any atom is 0.143 e. The molecule has 2 N–H and O–H groups in total. The maximum atomic E-state index is 5.92. The number of nitrogens with zero attached hydrogens (tertiary/aromatic N) is 1. The first-order chi connectivity index (χ1) is 7.74. The van der Waals surface area contributed by atoms with Crippen molar-refractivity contribution in [2.24, 2.45) is 0 Å². The van der Waals surface area contributed by atoms with Crippen LogP contribution < -0.4 is 10.5 Å². The Bertz CT molecular complexity index is 406. The fourth-order valence-electron chi connectivity index (χ4n) is 1.05. The Labute approximate surface area is 112 Å². The van der Waals surface area contributed by atoms with Crippen molar-refractivity contribution < 1.29 is 4.74 Å². The van der Waals surface area contributed by atoms with Crippen molar-refractivity contribution in [1.82, 2.24) is 4.90 Å². The lowest BCUT2D eigenvalue weighted by Gasteiger charge is -2.32. The van der Waals surface area contributed by atoms with Gasteiger partial charge in [0.05, 0.1) is 15.7 Å². The Morgan fingerprint density at radius 1 is 1.24 bits per heavy atom. The summed E-state index contributed by atoms with van der Waals surface area (Å²) < 4.78 is 5.69. The molecule has 17 heavy (non-hydrogen) atoms. The van der Waals surface area contributed by atoms with Gasteiger partial charge in [0.15, 0.2) is 0 Å². The highest BCUT2D eigenvalue weighted by Crippen LogP contribution is 2.32. The van der Waals surface area contributed by atoms with E-state index in [-0.39, 0.29) is 5.54 Å². The van der Waals surface area contributed by atoms with Crippen LogP contribution in [0, 0.1) is 0 Å². The SMILES string of the molecule is CN(C)C(C)(C)COc1cc(Cl)c(Cl)cc1N. The van der Waals surface area contributed by atoms with E-state index in [1.807, 2.05) is 14.1 Å². The van der Waals surface area contributed by atoms with Crippen molar-refractivity contribution in [3.05, 3.63) is 22.2 Å². The molecule has 5 heteroatoms. The standard InChI is InChI=1S/C12H18Cl2N2O/c1-12(2,16(3)4)7-17-11-6-9(14)8(13)5-10(11)15/h5-6H,7,15H2,1-4H3. The van der Waals surface area contributed by atoms with Crippen LogP contribution in [0.5, 0.6) is 5.75 Å². The van der Waals surface area contributed by atoms with Crippen LogP contribution in [0.3, 0.4) is 0 Å². The Morgan fingerprint density at radius 3 is 2.29 bits per heavy atom. The third kappa shape index (κ3) is 3.66. The maximum absolute atomic E-state index is 5.92. The molecular weight excluding hydrogens is 259 g/mol. The quantitative estimate of drug-likeness (QED) is 0.858. The van der Waals surface area contributed by atoms with E-state index in [2.05, 4.69) is 18.7 Å². The van der Waals surface area contributed by atoms with Crippen molar-refractivity contribution in [3.8, 4) is 5.75 Å². The number of nitrogen functional groups attached to an aromatic ring is 1. The van der Waals surface area contributed by atoms with Gasteiger partial charge in [0.2, 0.25) is 0 Å². The number of anilines is 1. The molecule has 3 nitrogen and oxygen atoms in total. The normalized spacial score (nSPS) is 11.9. The minimum Gasteiger partial charge on any atom is -0.489 e. The predicted octanol–water partition coefficient (Wildman–Crippen LogP) is 3.29. The van der Waals surface area contributed by atoms with Crippen LogP contribution in [0.15, 0.2) is 12.1 Å². The van der Waals surface area contributed by atoms with Gasteiger partial charge < -0.3 is 15.4 Å². The van der Waals surface area contributed by atoms with E-state index in [4.69, 9.17) is 33.7 Å². The minimum atomic E-state index is -0.0848. The van der Waals surface area contributed by atoms with E-state index in [9.17, 15) is 0 Å². The molecule has 0 aliphatic heterocycles. The summed E-state index contributed by atoms with van der Waals surface area (Å²) in [6, 6.07) is 3.24. The van der Waals surface area contributed by atoms with Crippen molar-refractivity contribution in [3.63, 3.8) is 0 Å². The average Bonchev–Trinajstić information content (AvgIpc) is 2.21. The number of nitrogens with two attached hydrogens (primary N) is 1. The van der Waals surface area contributed by atoms with Gasteiger partial charge in [-0.05, 0) is 34.0 Å². The molecule has 0 saturated heterocycles. The predicted molar refractivity (Wildman–Crippen MR) is 74.1 cm³/mol. The fourth-order valence-corrected chi connectivity index (χ4v) is 1.38. The minimum absolute atomic E-state index is 0.0848. The number of hydrogen-bond acceptors (Lipinski definition) is 3. The third-order valence-corrected chi connectivity index (χ3v) is 3.57. The number of ether oxygens (including phenoxy) is 1. The van der Waals surface area contributed by atoms with Crippen LogP contribution in [0.2, 0.25) is 10.0 Å². The number of likely N-dealkylation sites (N-methyl/N-ethyl adjacent to an activating group) is 1. The lowest BCUT2D eigenvalue weighted by molar-refractivity contribution is 0.114. The molecule has 1 aromatic rings. The largest absolute Gasteiger partial charge is 0.489 e. The molecule has 0 unspecified atom stereocenters. The molecule has 0 fully saturated rings. The van der Waals surface area contributed by atoms with Crippen LogP contribution in [0.1, 0.15) is 13.8 Å². The van der Waals surface area contributed by atoms with Crippen molar-refractivity contribution in [2.45, 2.75) is 19.4 Å². The lowest BCUT2D eigenvalue weighted by atomic mass is 10.1. The highest BCUT2D eigenvalue weighted by Gasteiger charge is 2.22. The number of hydrogen-bond donors (Lipinski definition) is 1. The molecule has 0 radical (unpaired) electrons. The Kier molecular flexibility index (Phi) is 4.53. The van der Waals surface area contributed by atoms with E-state index in [1.54, 1.807) is 12.1 Å². The molecule has 0 aliphatic rings. The second kappa shape index (κ2) is 5.34. The second-order valence-electron chi connectivity index (χ2n) is 4.80. The van der Waals surface area contributed by atoms with Crippen LogP contribution in [-0.4, -0.2) is 31.1 Å². The molecule has 0 aliphatic carbocycles. The van der Waals surface area contributed by atoms with Crippen LogP contribution in [-0.2, 0) is 0 Å². The van der Waals surface area contributed by atoms with Crippen LogP contribution in [0.4, 0.5) is 5.69 Å². The summed E-state index contributed by atoms with van der Waals surface area (Å²) in [5.74, 6) is 0.564. The molecule has 0 amide bonds. The molecule has 0 atom stereocenters. The van der Waals surface area contributed by atoms with E-state index >= 15 is 0 Å². The van der Waals surface area contributed by atoms with Gasteiger partial charge in [-0.3, -0.25) is 0 Å². The molecule has 0 bridgehead atoms. The van der Waals surface area contributed by atoms with Gasteiger partial charge in [0, 0.05) is 11.6 Å². The molecule has 96 valence electrons. The zero-order valence-electron chi connectivity index (χ0n) is 10.6. The summed E-state index contributed by atoms with van der Waals surface area (Å²) >= 11 is 11.8. The van der Waals surface area contributed by atoms with Gasteiger partial charge >= 0.3 is 0 Å². The molecule has 1 aromatic carbocycles. The topological polar surface area (TPSA) is 38.5 Å². The molecular formula is C12H18Cl2N2O. The smallest absolute Gasteiger partial charge is 0.143 e. The molecule has 0 saturated carbocycles. The Balaban J connectivity index is 2.80. The second-order valence-corrected chi connectivity index (χ2v) is 5.61. The van der Waals surface area contributed by atoms with Crippen molar-refractivity contribution >= 4 is 28.9 Å². The van der Waals surface area contributed by atoms with E-state index < -0.39 is 0 Å². The summed E-state index contributed by atoms with van der Waals surface area (Å²) in [6.07, 6.45) is 0. The fraction of sp³-hybridized carbons (Fsp3) is 0.500.